The molecule has 1 N–H and O–H groups in total. The minimum Gasteiger partial charge on any atom is -0.483 e. The van der Waals surface area contributed by atoms with Crippen LogP contribution in [0.5, 0.6) is 5.75 Å². The second-order valence-electron chi connectivity index (χ2n) is 6.33. The molecule has 0 bridgehead atoms. The van der Waals surface area contributed by atoms with Crippen molar-refractivity contribution in [3.8, 4) is 5.75 Å². The lowest BCUT2D eigenvalue weighted by Gasteiger charge is -2.16. The van der Waals surface area contributed by atoms with Gasteiger partial charge in [-0.15, -0.1) is 0 Å². The molecule has 0 spiro atoms. The van der Waals surface area contributed by atoms with E-state index in [9.17, 15) is 9.59 Å². The van der Waals surface area contributed by atoms with Crippen LogP contribution in [0, 0.1) is 6.92 Å². The molecule has 0 saturated carbocycles. The van der Waals surface area contributed by atoms with Crippen molar-refractivity contribution in [3.05, 3.63) is 58.1 Å². The highest BCUT2D eigenvalue weighted by atomic mass is 79.9. The van der Waals surface area contributed by atoms with Crippen LogP contribution in [0.4, 0.5) is 5.69 Å². The average molecular weight is 417 g/mol. The van der Waals surface area contributed by atoms with Gasteiger partial charge in [0.05, 0.1) is 0 Å². The van der Waals surface area contributed by atoms with E-state index in [0.29, 0.717) is 17.0 Å². The average Bonchev–Trinajstić information content (AvgIpc) is 3.15. The number of benzene rings is 2. The lowest BCUT2D eigenvalue weighted by Crippen LogP contribution is -2.27. The molecule has 6 heteroatoms. The second kappa shape index (κ2) is 8.36. The number of carbonyl (C=O) groups excluding carboxylic acids is 2. The summed E-state index contributed by atoms with van der Waals surface area (Å²) in [6, 6.07) is 12.7. The van der Waals surface area contributed by atoms with E-state index in [0.717, 1.165) is 36.0 Å². The van der Waals surface area contributed by atoms with Gasteiger partial charge >= 0.3 is 0 Å². The number of nitrogens with one attached hydrogen (secondary N) is 1. The molecule has 1 saturated heterocycles. The Morgan fingerprint density at radius 1 is 1.15 bits per heavy atom. The number of nitrogens with zero attached hydrogens (tertiary/aromatic N) is 1. The van der Waals surface area contributed by atoms with E-state index in [4.69, 9.17) is 4.74 Å². The van der Waals surface area contributed by atoms with E-state index in [1.165, 1.54) is 0 Å². The quantitative estimate of drug-likeness (QED) is 0.800. The van der Waals surface area contributed by atoms with Crippen LogP contribution in [0.1, 0.15) is 28.8 Å². The summed E-state index contributed by atoms with van der Waals surface area (Å²) < 4.78 is 6.54. The number of likely N-dealkylation sites (tertiary alicyclic amines) is 1. The standard InChI is InChI=1S/C20H21BrN2O3/c1-14-11-16(21)7-8-18(14)26-13-19(24)22-17-6-4-5-15(12-17)20(25)23-9-2-3-10-23/h4-8,11-12H,2-3,9-10,13H2,1H3,(H,22,24). The van der Waals surface area contributed by atoms with E-state index in [1.54, 1.807) is 24.3 Å². The Morgan fingerprint density at radius 3 is 2.65 bits per heavy atom. The van der Waals surface area contributed by atoms with Crippen LogP contribution in [-0.2, 0) is 4.79 Å². The Labute approximate surface area is 161 Å². The molecule has 0 radical (unpaired) electrons. The number of ether oxygens (including phenoxy) is 1. The SMILES string of the molecule is Cc1cc(Br)ccc1OCC(=O)Nc1cccc(C(=O)N2CCCC2)c1. The molecule has 0 aliphatic carbocycles. The zero-order chi connectivity index (χ0) is 18.5. The third-order valence-electron chi connectivity index (χ3n) is 4.28. The van der Waals surface area contributed by atoms with Gasteiger partial charge in [-0.05, 0) is 61.7 Å². The van der Waals surface area contributed by atoms with E-state index in [2.05, 4.69) is 21.2 Å². The lowest BCUT2D eigenvalue weighted by atomic mass is 10.1. The minimum absolute atomic E-state index is 0.0142. The van der Waals surface area contributed by atoms with Crippen LogP contribution in [0.15, 0.2) is 46.9 Å². The molecule has 0 unspecified atom stereocenters. The van der Waals surface area contributed by atoms with E-state index < -0.39 is 0 Å². The number of hydrogen-bond donors (Lipinski definition) is 1. The zero-order valence-corrected chi connectivity index (χ0v) is 16.2. The molecule has 5 nitrogen and oxygen atoms in total. The molecule has 1 heterocycles. The highest BCUT2D eigenvalue weighted by Crippen LogP contribution is 2.22. The molecular formula is C20H21BrN2O3. The monoisotopic (exact) mass is 416 g/mol. The molecule has 1 fully saturated rings. The molecule has 2 amide bonds. The Balaban J connectivity index is 1.58. The summed E-state index contributed by atoms with van der Waals surface area (Å²) in [5, 5.41) is 2.78. The summed E-state index contributed by atoms with van der Waals surface area (Å²) in [7, 11) is 0. The van der Waals surface area contributed by atoms with Crippen molar-refractivity contribution in [2.24, 2.45) is 0 Å². The maximum absolute atomic E-state index is 12.4. The van der Waals surface area contributed by atoms with Gasteiger partial charge in [-0.3, -0.25) is 9.59 Å². The van der Waals surface area contributed by atoms with Crippen molar-refractivity contribution in [2.75, 3.05) is 25.0 Å². The highest BCUT2D eigenvalue weighted by molar-refractivity contribution is 9.10. The summed E-state index contributed by atoms with van der Waals surface area (Å²) in [5.74, 6) is 0.416. The van der Waals surface area contributed by atoms with Crippen LogP contribution >= 0.6 is 15.9 Å². The number of rotatable bonds is 5. The predicted molar refractivity (Wildman–Crippen MR) is 105 cm³/mol. The zero-order valence-electron chi connectivity index (χ0n) is 14.6. The summed E-state index contributed by atoms with van der Waals surface area (Å²) in [5.41, 5.74) is 2.14. The summed E-state index contributed by atoms with van der Waals surface area (Å²) in [6.07, 6.45) is 2.10. The second-order valence-corrected chi connectivity index (χ2v) is 7.24. The fourth-order valence-corrected chi connectivity index (χ4v) is 3.42. The van der Waals surface area contributed by atoms with Gasteiger partial charge in [0, 0.05) is 28.8 Å². The van der Waals surface area contributed by atoms with Gasteiger partial charge in [-0.25, -0.2) is 0 Å². The Bertz CT molecular complexity index is 816. The number of amides is 2. The third kappa shape index (κ3) is 4.64. The van der Waals surface area contributed by atoms with Crippen LogP contribution < -0.4 is 10.1 Å². The molecule has 0 atom stereocenters. The predicted octanol–water partition coefficient (Wildman–Crippen LogP) is 4.01. The first-order valence-corrected chi connectivity index (χ1v) is 9.40. The molecule has 0 aromatic heterocycles. The normalized spacial score (nSPS) is 13.5. The van der Waals surface area contributed by atoms with Gasteiger partial charge in [-0.1, -0.05) is 22.0 Å². The van der Waals surface area contributed by atoms with Crippen LogP contribution in [0.2, 0.25) is 0 Å². The number of aryl methyl sites for hydroxylation is 1. The number of hydrogen-bond acceptors (Lipinski definition) is 3. The Hall–Kier alpha value is -2.34. The molecular weight excluding hydrogens is 396 g/mol. The maximum atomic E-state index is 12.4. The number of halogens is 1. The molecule has 1 aliphatic rings. The molecule has 1 aliphatic heterocycles. The lowest BCUT2D eigenvalue weighted by molar-refractivity contribution is -0.118. The maximum Gasteiger partial charge on any atom is 0.262 e. The van der Waals surface area contributed by atoms with Crippen molar-refractivity contribution in [2.45, 2.75) is 19.8 Å². The largest absolute Gasteiger partial charge is 0.483 e. The van der Waals surface area contributed by atoms with Gasteiger partial charge in [0.15, 0.2) is 6.61 Å². The van der Waals surface area contributed by atoms with Crippen molar-refractivity contribution in [1.82, 2.24) is 4.90 Å². The van der Waals surface area contributed by atoms with Gasteiger partial charge in [0.2, 0.25) is 0 Å². The molecule has 26 heavy (non-hydrogen) atoms. The van der Waals surface area contributed by atoms with Gasteiger partial charge in [-0.2, -0.15) is 0 Å². The Morgan fingerprint density at radius 2 is 1.92 bits per heavy atom. The molecule has 3 rings (SSSR count). The fourth-order valence-electron chi connectivity index (χ4n) is 2.95. The topological polar surface area (TPSA) is 58.6 Å². The van der Waals surface area contributed by atoms with E-state index in [-0.39, 0.29) is 18.4 Å². The summed E-state index contributed by atoms with van der Waals surface area (Å²) in [4.78, 5) is 26.5. The highest BCUT2D eigenvalue weighted by Gasteiger charge is 2.19. The molecule has 2 aromatic carbocycles. The van der Waals surface area contributed by atoms with E-state index >= 15 is 0 Å². The Kier molecular flexibility index (Phi) is 5.93. The summed E-state index contributed by atoms with van der Waals surface area (Å²) >= 11 is 3.40. The first-order valence-electron chi connectivity index (χ1n) is 8.61. The van der Waals surface area contributed by atoms with Crippen LogP contribution in [-0.4, -0.2) is 36.4 Å². The first-order chi connectivity index (χ1) is 12.5. The third-order valence-corrected chi connectivity index (χ3v) is 4.78. The van der Waals surface area contributed by atoms with Gasteiger partial charge in [0.25, 0.3) is 11.8 Å². The van der Waals surface area contributed by atoms with E-state index in [1.807, 2.05) is 30.0 Å². The van der Waals surface area contributed by atoms with Crippen molar-refractivity contribution in [1.29, 1.82) is 0 Å². The van der Waals surface area contributed by atoms with Crippen LogP contribution in [0.25, 0.3) is 0 Å². The fraction of sp³-hybridized carbons (Fsp3) is 0.300. The number of carbonyl (C=O) groups is 2. The minimum atomic E-state index is -0.266. The van der Waals surface area contributed by atoms with Crippen molar-refractivity contribution >= 4 is 33.4 Å². The molecule has 136 valence electrons. The van der Waals surface area contributed by atoms with Crippen molar-refractivity contribution < 1.29 is 14.3 Å². The summed E-state index contributed by atoms with van der Waals surface area (Å²) in [6.45, 7) is 3.43. The van der Waals surface area contributed by atoms with Gasteiger partial charge in [0.1, 0.15) is 5.75 Å². The molecule has 2 aromatic rings. The van der Waals surface area contributed by atoms with Crippen molar-refractivity contribution in [3.63, 3.8) is 0 Å². The smallest absolute Gasteiger partial charge is 0.262 e. The number of anilines is 1. The first kappa shape index (κ1) is 18.5. The van der Waals surface area contributed by atoms with Gasteiger partial charge < -0.3 is 15.0 Å². The van der Waals surface area contributed by atoms with Crippen LogP contribution in [0.3, 0.4) is 0 Å².